The molecule has 2 unspecified atom stereocenters. The van der Waals surface area contributed by atoms with E-state index in [4.69, 9.17) is 28.9 Å². The Morgan fingerprint density at radius 2 is 2.12 bits per heavy atom. The van der Waals surface area contributed by atoms with E-state index in [1.165, 1.54) is 11.3 Å². The number of amides is 1. The summed E-state index contributed by atoms with van der Waals surface area (Å²) in [6.45, 7) is 2.70. The fourth-order valence-corrected chi connectivity index (χ4v) is 4.13. The van der Waals surface area contributed by atoms with Crippen LogP contribution in [0.4, 0.5) is 0 Å². The molecular formula is C17H20Cl3N3OS. The number of halogens is 3. The normalized spacial score (nSPS) is 18.6. The number of hydrogen-bond acceptors (Lipinski definition) is 4. The topological polar surface area (TPSA) is 59.2 Å². The lowest BCUT2D eigenvalue weighted by Gasteiger charge is -2.37. The third-order valence-electron chi connectivity index (χ3n) is 4.31. The summed E-state index contributed by atoms with van der Waals surface area (Å²) in [5.74, 6) is -0.0421. The van der Waals surface area contributed by atoms with Crippen molar-refractivity contribution in [2.24, 2.45) is 5.73 Å². The fraction of sp³-hybridized carbons (Fsp3) is 0.412. The van der Waals surface area contributed by atoms with Crippen molar-refractivity contribution in [3.8, 4) is 10.6 Å². The van der Waals surface area contributed by atoms with Gasteiger partial charge in [0.15, 0.2) is 0 Å². The lowest BCUT2D eigenvalue weighted by Crippen LogP contribution is -2.51. The molecule has 0 bridgehead atoms. The van der Waals surface area contributed by atoms with Crippen molar-refractivity contribution in [2.75, 3.05) is 6.54 Å². The van der Waals surface area contributed by atoms with Gasteiger partial charge in [-0.25, -0.2) is 4.98 Å². The number of likely N-dealkylation sites (tertiary alicyclic amines) is 1. The molecule has 4 nitrogen and oxygen atoms in total. The highest BCUT2D eigenvalue weighted by molar-refractivity contribution is 7.13. The van der Waals surface area contributed by atoms with Crippen LogP contribution in [0.2, 0.25) is 10.0 Å². The Morgan fingerprint density at radius 1 is 1.36 bits per heavy atom. The molecule has 1 aliphatic heterocycles. The summed E-state index contributed by atoms with van der Waals surface area (Å²) in [5.41, 5.74) is 7.39. The van der Waals surface area contributed by atoms with Crippen LogP contribution >= 0.6 is 46.9 Å². The molecule has 1 aliphatic rings. The Kier molecular flexibility index (Phi) is 7.11. The lowest BCUT2D eigenvalue weighted by molar-refractivity contribution is 0.0578. The molecule has 25 heavy (non-hydrogen) atoms. The SMILES string of the molecule is CC(N)C1CCCCN1C(=O)c1csc(-c2ccc(Cl)c(Cl)c2)n1.Cl. The van der Waals surface area contributed by atoms with E-state index in [-0.39, 0.29) is 30.4 Å². The largest absolute Gasteiger partial charge is 0.333 e. The van der Waals surface area contributed by atoms with Crippen LogP contribution in [0.15, 0.2) is 23.6 Å². The molecule has 0 radical (unpaired) electrons. The Balaban J connectivity index is 0.00000225. The predicted octanol–water partition coefficient (Wildman–Crippen LogP) is 4.88. The van der Waals surface area contributed by atoms with Crippen LogP contribution in [0.1, 0.15) is 36.7 Å². The van der Waals surface area contributed by atoms with E-state index in [9.17, 15) is 4.79 Å². The molecular weight excluding hydrogens is 401 g/mol. The van der Waals surface area contributed by atoms with Gasteiger partial charge in [0.1, 0.15) is 10.7 Å². The van der Waals surface area contributed by atoms with Crippen LogP contribution in [-0.2, 0) is 0 Å². The van der Waals surface area contributed by atoms with E-state index in [2.05, 4.69) is 4.98 Å². The smallest absolute Gasteiger partial charge is 0.273 e. The van der Waals surface area contributed by atoms with Crippen LogP contribution in [0.5, 0.6) is 0 Å². The molecule has 136 valence electrons. The number of nitrogens with zero attached hydrogens (tertiary/aromatic N) is 2. The van der Waals surface area contributed by atoms with Crippen molar-refractivity contribution in [1.82, 2.24) is 9.88 Å². The summed E-state index contributed by atoms with van der Waals surface area (Å²) < 4.78 is 0. The summed E-state index contributed by atoms with van der Waals surface area (Å²) in [4.78, 5) is 19.2. The molecule has 2 N–H and O–H groups in total. The summed E-state index contributed by atoms with van der Waals surface area (Å²) in [6, 6.07) is 5.40. The Hall–Kier alpha value is -0.850. The molecule has 1 amide bonds. The van der Waals surface area contributed by atoms with Gasteiger partial charge in [-0.1, -0.05) is 29.3 Å². The number of carbonyl (C=O) groups is 1. The summed E-state index contributed by atoms with van der Waals surface area (Å²) in [5, 5.41) is 3.53. The van der Waals surface area contributed by atoms with Gasteiger partial charge in [-0.15, -0.1) is 23.7 Å². The van der Waals surface area contributed by atoms with Crippen molar-refractivity contribution in [3.05, 3.63) is 39.3 Å². The maximum Gasteiger partial charge on any atom is 0.273 e. The van der Waals surface area contributed by atoms with Crippen LogP contribution in [0.25, 0.3) is 10.6 Å². The molecule has 1 aromatic carbocycles. The van der Waals surface area contributed by atoms with E-state index in [1.54, 1.807) is 17.5 Å². The summed E-state index contributed by atoms with van der Waals surface area (Å²) in [7, 11) is 0. The van der Waals surface area contributed by atoms with Crippen LogP contribution in [-0.4, -0.2) is 34.4 Å². The Labute approximate surface area is 167 Å². The van der Waals surface area contributed by atoms with Crippen molar-refractivity contribution < 1.29 is 4.79 Å². The highest BCUT2D eigenvalue weighted by Gasteiger charge is 2.31. The monoisotopic (exact) mass is 419 g/mol. The third kappa shape index (κ3) is 4.47. The first kappa shape index (κ1) is 20.5. The van der Waals surface area contributed by atoms with Gasteiger partial charge in [-0.2, -0.15) is 0 Å². The summed E-state index contributed by atoms with van der Waals surface area (Å²) >= 11 is 13.4. The second-order valence-electron chi connectivity index (χ2n) is 6.09. The predicted molar refractivity (Wildman–Crippen MR) is 107 cm³/mol. The van der Waals surface area contributed by atoms with Crippen molar-refractivity contribution in [2.45, 2.75) is 38.3 Å². The molecule has 0 aliphatic carbocycles. The number of rotatable bonds is 3. The number of piperidine rings is 1. The maximum atomic E-state index is 12.8. The highest BCUT2D eigenvalue weighted by atomic mass is 35.5. The average Bonchev–Trinajstić information content (AvgIpc) is 3.06. The van der Waals surface area contributed by atoms with Crippen LogP contribution in [0.3, 0.4) is 0 Å². The third-order valence-corrected chi connectivity index (χ3v) is 5.94. The first-order chi connectivity index (χ1) is 11.5. The number of carbonyl (C=O) groups excluding carboxylic acids is 1. The van der Waals surface area contributed by atoms with E-state index >= 15 is 0 Å². The van der Waals surface area contributed by atoms with E-state index in [1.807, 2.05) is 17.9 Å². The fourth-order valence-electron chi connectivity index (χ4n) is 3.04. The molecule has 1 aromatic heterocycles. The Morgan fingerprint density at radius 3 is 2.80 bits per heavy atom. The zero-order valence-corrected chi connectivity index (χ0v) is 16.9. The highest BCUT2D eigenvalue weighted by Crippen LogP contribution is 2.31. The molecule has 1 saturated heterocycles. The standard InChI is InChI=1S/C17H19Cl2N3OS.ClH/c1-10(20)15-4-2-3-7-22(15)17(23)14-9-24-16(21-14)11-5-6-12(18)13(19)8-11;/h5-6,8-10,15H,2-4,7,20H2,1H3;1H. The molecule has 3 rings (SSSR count). The van der Waals surface area contributed by atoms with E-state index in [0.717, 1.165) is 36.4 Å². The lowest BCUT2D eigenvalue weighted by atomic mass is 9.96. The minimum atomic E-state index is -0.0421. The quantitative estimate of drug-likeness (QED) is 0.769. The second kappa shape index (κ2) is 8.69. The molecule has 2 heterocycles. The van der Waals surface area contributed by atoms with Gasteiger partial charge in [-0.3, -0.25) is 4.79 Å². The molecule has 8 heteroatoms. The number of nitrogens with two attached hydrogens (primary N) is 1. The second-order valence-corrected chi connectivity index (χ2v) is 7.76. The van der Waals surface area contributed by atoms with Crippen LogP contribution < -0.4 is 5.73 Å². The van der Waals surface area contributed by atoms with Gasteiger partial charge < -0.3 is 10.6 Å². The zero-order valence-electron chi connectivity index (χ0n) is 13.7. The molecule has 2 aromatic rings. The number of hydrogen-bond donors (Lipinski definition) is 1. The maximum absolute atomic E-state index is 12.8. The van der Waals surface area contributed by atoms with Gasteiger partial charge in [0.25, 0.3) is 5.91 Å². The van der Waals surface area contributed by atoms with E-state index in [0.29, 0.717) is 15.7 Å². The first-order valence-electron chi connectivity index (χ1n) is 7.95. The Bertz CT molecular complexity index is 750. The number of aromatic nitrogens is 1. The summed E-state index contributed by atoms with van der Waals surface area (Å²) in [6.07, 6.45) is 3.08. The first-order valence-corrected chi connectivity index (χ1v) is 9.58. The van der Waals surface area contributed by atoms with Gasteiger partial charge in [0.2, 0.25) is 0 Å². The van der Waals surface area contributed by atoms with Crippen molar-refractivity contribution in [1.29, 1.82) is 0 Å². The van der Waals surface area contributed by atoms with Gasteiger partial charge in [0, 0.05) is 29.6 Å². The van der Waals surface area contributed by atoms with Crippen molar-refractivity contribution in [3.63, 3.8) is 0 Å². The number of thiazole rings is 1. The van der Waals surface area contributed by atoms with Gasteiger partial charge in [-0.05, 0) is 38.3 Å². The van der Waals surface area contributed by atoms with E-state index < -0.39 is 0 Å². The van der Waals surface area contributed by atoms with Gasteiger partial charge in [0.05, 0.1) is 10.0 Å². The molecule has 2 atom stereocenters. The van der Waals surface area contributed by atoms with Gasteiger partial charge >= 0.3 is 0 Å². The molecule has 0 spiro atoms. The molecule has 0 saturated carbocycles. The minimum absolute atomic E-state index is 0. The average molecular weight is 421 g/mol. The van der Waals surface area contributed by atoms with Crippen LogP contribution in [0, 0.1) is 0 Å². The minimum Gasteiger partial charge on any atom is -0.333 e. The zero-order chi connectivity index (χ0) is 17.3. The molecule has 1 fully saturated rings. The van der Waals surface area contributed by atoms with Crippen molar-refractivity contribution >= 4 is 52.9 Å². The number of benzene rings is 1.